The summed E-state index contributed by atoms with van der Waals surface area (Å²) < 4.78 is 17.5. The summed E-state index contributed by atoms with van der Waals surface area (Å²) in [7, 11) is 0. The number of fused-ring (bicyclic) bond motifs is 1. The van der Waals surface area contributed by atoms with Crippen LogP contribution in [0.4, 0.5) is 0 Å². The van der Waals surface area contributed by atoms with Crippen LogP contribution in [0.2, 0.25) is 0 Å². The highest BCUT2D eigenvalue weighted by atomic mass is 35.5. The van der Waals surface area contributed by atoms with Gasteiger partial charge in [0, 0.05) is 12.1 Å². The van der Waals surface area contributed by atoms with Gasteiger partial charge in [-0.2, -0.15) is 0 Å². The van der Waals surface area contributed by atoms with E-state index in [1.54, 1.807) is 0 Å². The minimum atomic E-state index is 0. The van der Waals surface area contributed by atoms with Crippen LogP contribution in [-0.4, -0.2) is 44.4 Å². The zero-order valence-corrected chi connectivity index (χ0v) is 14.4. The molecule has 1 aromatic rings. The van der Waals surface area contributed by atoms with Crippen molar-refractivity contribution in [2.75, 3.05) is 39.5 Å². The summed E-state index contributed by atoms with van der Waals surface area (Å²) in [5.74, 6) is 2.37. The van der Waals surface area contributed by atoms with Crippen molar-refractivity contribution in [1.29, 1.82) is 0 Å². The Hall–Kier alpha value is -1.39. The van der Waals surface area contributed by atoms with E-state index in [0.717, 1.165) is 35.8 Å². The van der Waals surface area contributed by atoms with Crippen molar-refractivity contribution < 1.29 is 14.2 Å². The summed E-state index contributed by atoms with van der Waals surface area (Å²) >= 11 is 0. The molecule has 3 rings (SSSR count). The first kappa shape index (κ1) is 18.0. The highest BCUT2D eigenvalue weighted by Crippen LogP contribution is 2.42. The molecule has 0 spiro atoms. The lowest BCUT2D eigenvalue weighted by atomic mass is 10.1. The summed E-state index contributed by atoms with van der Waals surface area (Å²) in [5, 5.41) is 0. The summed E-state index contributed by atoms with van der Waals surface area (Å²) in [4.78, 5) is 2.48. The van der Waals surface area contributed by atoms with Crippen molar-refractivity contribution in [3.8, 4) is 17.2 Å². The molecule has 23 heavy (non-hydrogen) atoms. The quantitative estimate of drug-likeness (QED) is 0.742. The SMILES string of the molecule is C=CCc1ccc2c(c1OCCN1CCCCC1)OCCO2.Cl. The van der Waals surface area contributed by atoms with Crippen LogP contribution in [-0.2, 0) is 6.42 Å². The molecule has 1 saturated heterocycles. The van der Waals surface area contributed by atoms with Crippen LogP contribution in [0, 0.1) is 0 Å². The number of benzene rings is 1. The molecule has 0 aliphatic carbocycles. The molecule has 0 N–H and O–H groups in total. The Morgan fingerprint density at radius 2 is 1.91 bits per heavy atom. The average Bonchev–Trinajstić information content (AvgIpc) is 2.57. The fourth-order valence-electron chi connectivity index (χ4n) is 3.07. The molecular formula is C18H26ClNO3. The third kappa shape index (κ3) is 4.55. The maximum atomic E-state index is 6.10. The van der Waals surface area contributed by atoms with Gasteiger partial charge in [-0.25, -0.2) is 0 Å². The summed E-state index contributed by atoms with van der Waals surface area (Å²) in [6, 6.07) is 4.01. The third-order valence-corrected chi connectivity index (χ3v) is 4.21. The molecule has 0 atom stereocenters. The number of allylic oxidation sites excluding steroid dienone is 1. The van der Waals surface area contributed by atoms with Crippen LogP contribution >= 0.6 is 12.4 Å². The van der Waals surface area contributed by atoms with Crippen molar-refractivity contribution in [3.63, 3.8) is 0 Å². The molecule has 1 fully saturated rings. The largest absolute Gasteiger partial charge is 0.488 e. The predicted octanol–water partition coefficient (Wildman–Crippen LogP) is 3.47. The van der Waals surface area contributed by atoms with Gasteiger partial charge in [0.25, 0.3) is 0 Å². The molecule has 0 radical (unpaired) electrons. The van der Waals surface area contributed by atoms with Crippen molar-refractivity contribution in [1.82, 2.24) is 4.90 Å². The summed E-state index contributed by atoms with van der Waals surface area (Å²) in [6.45, 7) is 9.04. The molecule has 2 aliphatic rings. The van der Waals surface area contributed by atoms with E-state index in [1.165, 1.54) is 32.4 Å². The van der Waals surface area contributed by atoms with Gasteiger partial charge >= 0.3 is 0 Å². The highest BCUT2D eigenvalue weighted by Gasteiger charge is 2.20. The van der Waals surface area contributed by atoms with Crippen molar-refractivity contribution >= 4 is 12.4 Å². The molecule has 0 amide bonds. The van der Waals surface area contributed by atoms with E-state index in [9.17, 15) is 0 Å². The highest BCUT2D eigenvalue weighted by molar-refractivity contribution is 5.85. The lowest BCUT2D eigenvalue weighted by molar-refractivity contribution is 0.152. The molecule has 4 nitrogen and oxygen atoms in total. The second kappa shape index (κ2) is 9.04. The Labute approximate surface area is 144 Å². The van der Waals surface area contributed by atoms with Gasteiger partial charge < -0.3 is 14.2 Å². The van der Waals surface area contributed by atoms with Gasteiger partial charge in [0.2, 0.25) is 5.75 Å². The van der Waals surface area contributed by atoms with Crippen LogP contribution in [0.15, 0.2) is 24.8 Å². The van der Waals surface area contributed by atoms with E-state index >= 15 is 0 Å². The zero-order chi connectivity index (χ0) is 15.2. The lowest BCUT2D eigenvalue weighted by Crippen LogP contribution is -2.33. The van der Waals surface area contributed by atoms with Crippen LogP contribution in [0.3, 0.4) is 0 Å². The summed E-state index contributed by atoms with van der Waals surface area (Å²) in [5.41, 5.74) is 1.11. The van der Waals surface area contributed by atoms with Crippen LogP contribution in [0.1, 0.15) is 24.8 Å². The molecule has 5 heteroatoms. The molecule has 0 unspecified atom stereocenters. The minimum absolute atomic E-state index is 0. The predicted molar refractivity (Wildman–Crippen MR) is 94.4 cm³/mol. The number of hydrogen-bond acceptors (Lipinski definition) is 4. The molecule has 2 heterocycles. The number of hydrogen-bond donors (Lipinski definition) is 0. The third-order valence-electron chi connectivity index (χ3n) is 4.21. The van der Waals surface area contributed by atoms with E-state index in [2.05, 4.69) is 11.5 Å². The van der Waals surface area contributed by atoms with Gasteiger partial charge in [-0.05, 0) is 38.4 Å². The van der Waals surface area contributed by atoms with Gasteiger partial charge in [0.15, 0.2) is 11.5 Å². The summed E-state index contributed by atoms with van der Waals surface area (Å²) in [6.07, 6.45) is 6.63. The Balaban J connectivity index is 0.00000192. The first-order valence-electron chi connectivity index (χ1n) is 8.26. The van der Waals surface area contributed by atoms with Crippen LogP contribution in [0.25, 0.3) is 0 Å². The monoisotopic (exact) mass is 339 g/mol. The van der Waals surface area contributed by atoms with E-state index in [-0.39, 0.29) is 12.4 Å². The number of likely N-dealkylation sites (tertiary alicyclic amines) is 1. The van der Waals surface area contributed by atoms with E-state index in [1.807, 2.05) is 18.2 Å². The van der Waals surface area contributed by atoms with Gasteiger partial charge in [-0.15, -0.1) is 19.0 Å². The number of ether oxygens (including phenoxy) is 3. The van der Waals surface area contributed by atoms with Gasteiger partial charge in [0.1, 0.15) is 19.8 Å². The topological polar surface area (TPSA) is 30.9 Å². The Morgan fingerprint density at radius 3 is 2.70 bits per heavy atom. The Kier molecular flexibility index (Phi) is 7.06. The Morgan fingerprint density at radius 1 is 1.13 bits per heavy atom. The second-order valence-electron chi connectivity index (χ2n) is 5.82. The van der Waals surface area contributed by atoms with Gasteiger partial charge in [-0.3, -0.25) is 4.90 Å². The fraction of sp³-hybridized carbons (Fsp3) is 0.556. The molecule has 128 valence electrons. The van der Waals surface area contributed by atoms with Crippen LogP contribution < -0.4 is 14.2 Å². The van der Waals surface area contributed by atoms with E-state index < -0.39 is 0 Å². The number of halogens is 1. The molecule has 0 saturated carbocycles. The molecule has 0 aromatic heterocycles. The normalized spacial score (nSPS) is 17.2. The van der Waals surface area contributed by atoms with Gasteiger partial charge in [0.05, 0.1) is 0 Å². The number of rotatable bonds is 6. The average molecular weight is 340 g/mol. The molecule has 2 aliphatic heterocycles. The van der Waals surface area contributed by atoms with E-state index in [4.69, 9.17) is 14.2 Å². The van der Waals surface area contributed by atoms with Crippen LogP contribution in [0.5, 0.6) is 17.2 Å². The fourth-order valence-corrected chi connectivity index (χ4v) is 3.07. The maximum absolute atomic E-state index is 6.10. The van der Waals surface area contributed by atoms with Crippen molar-refractivity contribution in [2.45, 2.75) is 25.7 Å². The maximum Gasteiger partial charge on any atom is 0.204 e. The van der Waals surface area contributed by atoms with E-state index in [0.29, 0.717) is 19.8 Å². The standard InChI is InChI=1S/C18H25NO3.ClH/c1-2-6-15-7-8-16-18(22-14-13-20-16)17(15)21-12-11-19-9-4-3-5-10-19;/h2,7-8H,1,3-6,9-14H2;1H. The lowest BCUT2D eigenvalue weighted by Gasteiger charge is -2.27. The Bertz CT molecular complexity index is 515. The molecule has 0 bridgehead atoms. The van der Waals surface area contributed by atoms with Gasteiger partial charge in [-0.1, -0.05) is 18.6 Å². The number of nitrogens with zero attached hydrogens (tertiary/aromatic N) is 1. The number of piperidine rings is 1. The molecule has 1 aromatic carbocycles. The second-order valence-corrected chi connectivity index (χ2v) is 5.82. The first-order chi connectivity index (χ1) is 10.9. The van der Waals surface area contributed by atoms with Crippen molar-refractivity contribution in [3.05, 3.63) is 30.4 Å². The van der Waals surface area contributed by atoms with Crippen molar-refractivity contribution in [2.24, 2.45) is 0 Å². The first-order valence-corrected chi connectivity index (χ1v) is 8.26. The molecular weight excluding hydrogens is 314 g/mol. The zero-order valence-electron chi connectivity index (χ0n) is 13.6. The minimum Gasteiger partial charge on any atom is -0.488 e. The smallest absolute Gasteiger partial charge is 0.204 e.